The first-order valence-corrected chi connectivity index (χ1v) is 9.69. The first kappa shape index (κ1) is 23.3. The molecule has 11 heteroatoms. The van der Waals surface area contributed by atoms with Crippen molar-refractivity contribution < 1.29 is 9.83 Å². The molecule has 1 amide bonds. The van der Waals surface area contributed by atoms with E-state index in [1.165, 1.54) is 12.8 Å². The highest BCUT2D eigenvalue weighted by Gasteiger charge is 2.12. The average molecular weight is 396 g/mol. The minimum absolute atomic E-state index is 0.180. The van der Waals surface area contributed by atoms with E-state index in [0.29, 0.717) is 19.4 Å². The Kier molecular flexibility index (Phi) is 12.0. The fourth-order valence-electron chi connectivity index (χ4n) is 2.66. The van der Waals surface area contributed by atoms with E-state index in [2.05, 4.69) is 19.9 Å². The highest BCUT2D eigenvalue weighted by atomic mass is 16.7. The number of hydrazine groups is 1. The number of nitrogens with two attached hydrogens (primary N) is 2. The molecule has 0 aliphatic heterocycles. The molecule has 0 aromatic carbocycles. The molecule has 28 heavy (non-hydrogen) atoms. The second-order valence-electron chi connectivity index (χ2n) is 6.60. The molecule has 0 fully saturated rings. The minimum atomic E-state index is -0.778. The van der Waals surface area contributed by atoms with Crippen LogP contribution in [0.5, 0.6) is 0 Å². The number of hydrogen-bond donors (Lipinski definition) is 4. The lowest BCUT2D eigenvalue weighted by Gasteiger charge is -2.11. The van der Waals surface area contributed by atoms with E-state index < -0.39 is 11.1 Å². The summed E-state index contributed by atoms with van der Waals surface area (Å²) in [5.41, 5.74) is 12.9. The fourth-order valence-corrected chi connectivity index (χ4v) is 2.66. The number of amides is 1. The van der Waals surface area contributed by atoms with Gasteiger partial charge in [0.2, 0.25) is 5.91 Å². The average Bonchev–Trinajstić information content (AvgIpc) is 3.16. The summed E-state index contributed by atoms with van der Waals surface area (Å²) in [5, 5.41) is 12.2. The number of carbonyl (C=O) groups excluding carboxylic acids is 1. The predicted molar refractivity (Wildman–Crippen MR) is 107 cm³/mol. The standard InChI is InChI=1S/C17H32N8O3/c18-15(8-7-10-22-17(19)23-25(27)28)16(26)21-9-5-3-1-2-4-6-12-24-13-11-20-14-24/h11,13-15H,1-10,12,18H2,(H,21,26)(H3,19,22,23)/t15-/m0/s1. The minimum Gasteiger partial charge on any atom is -0.365 e. The van der Waals surface area contributed by atoms with Gasteiger partial charge in [0.15, 0.2) is 5.03 Å². The SMILES string of the molecule is NC(=NCCC[C@H](N)C(=O)NCCCCCCCCn1ccnc1)N[N+](=O)[O-]. The molecule has 1 aromatic heterocycles. The summed E-state index contributed by atoms with van der Waals surface area (Å²) in [6, 6.07) is -0.608. The van der Waals surface area contributed by atoms with Crippen LogP contribution in [0.4, 0.5) is 0 Å². The quantitative estimate of drug-likeness (QED) is 0.110. The van der Waals surface area contributed by atoms with Crippen LogP contribution in [0, 0.1) is 10.1 Å². The maximum absolute atomic E-state index is 11.9. The molecule has 1 rings (SSSR count). The molecule has 0 aliphatic rings. The summed E-state index contributed by atoms with van der Waals surface area (Å²) in [4.78, 5) is 29.8. The van der Waals surface area contributed by atoms with Crippen molar-refractivity contribution in [1.29, 1.82) is 0 Å². The molecule has 1 atom stereocenters. The summed E-state index contributed by atoms with van der Waals surface area (Å²) in [7, 11) is 0. The van der Waals surface area contributed by atoms with E-state index in [1.807, 2.05) is 12.5 Å². The van der Waals surface area contributed by atoms with Crippen molar-refractivity contribution in [3.05, 3.63) is 28.8 Å². The van der Waals surface area contributed by atoms with Crippen molar-refractivity contribution in [2.24, 2.45) is 16.5 Å². The van der Waals surface area contributed by atoms with E-state index in [0.717, 1.165) is 32.2 Å². The second-order valence-corrected chi connectivity index (χ2v) is 6.60. The lowest BCUT2D eigenvalue weighted by atomic mass is 10.1. The number of aryl methyl sites for hydroxylation is 1. The van der Waals surface area contributed by atoms with Crippen LogP contribution < -0.4 is 22.2 Å². The molecule has 1 heterocycles. The molecule has 6 N–H and O–H groups in total. The Morgan fingerprint density at radius 1 is 1.21 bits per heavy atom. The van der Waals surface area contributed by atoms with Gasteiger partial charge >= 0.3 is 0 Å². The molecule has 0 radical (unpaired) electrons. The Morgan fingerprint density at radius 3 is 2.61 bits per heavy atom. The molecule has 158 valence electrons. The van der Waals surface area contributed by atoms with E-state index >= 15 is 0 Å². The Morgan fingerprint density at radius 2 is 1.93 bits per heavy atom. The van der Waals surface area contributed by atoms with E-state index in [4.69, 9.17) is 11.5 Å². The number of nitrogens with one attached hydrogen (secondary N) is 2. The number of rotatable bonds is 15. The van der Waals surface area contributed by atoms with Gasteiger partial charge < -0.3 is 21.4 Å². The number of imidazole rings is 1. The lowest BCUT2D eigenvalue weighted by Crippen LogP contribution is -2.41. The van der Waals surface area contributed by atoms with Gasteiger partial charge in [-0.15, -0.1) is 0 Å². The molecule has 0 bridgehead atoms. The number of unbranched alkanes of at least 4 members (excludes halogenated alkanes) is 5. The van der Waals surface area contributed by atoms with Gasteiger partial charge in [-0.1, -0.05) is 31.1 Å². The number of nitro groups is 1. The Bertz CT molecular complexity index is 591. The zero-order valence-electron chi connectivity index (χ0n) is 16.3. The summed E-state index contributed by atoms with van der Waals surface area (Å²) >= 11 is 0. The van der Waals surface area contributed by atoms with Crippen molar-refractivity contribution in [2.45, 2.75) is 64.0 Å². The van der Waals surface area contributed by atoms with Crippen molar-refractivity contribution >= 4 is 11.9 Å². The lowest BCUT2D eigenvalue weighted by molar-refractivity contribution is -0.525. The molecular weight excluding hydrogens is 364 g/mol. The predicted octanol–water partition coefficient (Wildman–Crippen LogP) is 0.543. The summed E-state index contributed by atoms with van der Waals surface area (Å²) in [6.07, 6.45) is 13.3. The van der Waals surface area contributed by atoms with Gasteiger partial charge in [-0.05, 0) is 25.7 Å². The summed E-state index contributed by atoms with van der Waals surface area (Å²) in [5.74, 6) is -0.439. The van der Waals surface area contributed by atoms with Crippen molar-refractivity contribution in [3.63, 3.8) is 0 Å². The summed E-state index contributed by atoms with van der Waals surface area (Å²) < 4.78 is 2.09. The van der Waals surface area contributed by atoms with Gasteiger partial charge in [0.05, 0.1) is 12.4 Å². The molecule has 1 aromatic rings. The molecule has 0 saturated carbocycles. The van der Waals surface area contributed by atoms with Gasteiger partial charge in [0.1, 0.15) is 0 Å². The maximum atomic E-state index is 11.9. The first-order valence-electron chi connectivity index (χ1n) is 9.69. The van der Waals surface area contributed by atoms with Gasteiger partial charge in [-0.3, -0.25) is 4.79 Å². The van der Waals surface area contributed by atoms with E-state index in [1.54, 1.807) is 11.6 Å². The van der Waals surface area contributed by atoms with Crippen LogP contribution in [0.3, 0.4) is 0 Å². The number of carbonyl (C=O) groups is 1. The van der Waals surface area contributed by atoms with E-state index in [9.17, 15) is 14.9 Å². The maximum Gasteiger partial charge on any atom is 0.251 e. The van der Waals surface area contributed by atoms with Crippen LogP contribution >= 0.6 is 0 Å². The number of guanidine groups is 1. The Hall–Kier alpha value is -2.69. The van der Waals surface area contributed by atoms with Gasteiger partial charge in [-0.25, -0.2) is 20.1 Å². The third-order valence-corrected chi connectivity index (χ3v) is 4.20. The van der Waals surface area contributed by atoms with Gasteiger partial charge in [-0.2, -0.15) is 0 Å². The molecule has 0 unspecified atom stereocenters. The van der Waals surface area contributed by atoms with Crippen LogP contribution in [0.15, 0.2) is 23.7 Å². The zero-order chi connectivity index (χ0) is 20.6. The number of aromatic nitrogens is 2. The van der Waals surface area contributed by atoms with Crippen LogP contribution in [-0.2, 0) is 11.3 Å². The molecular formula is C17H32N8O3. The monoisotopic (exact) mass is 396 g/mol. The van der Waals surface area contributed by atoms with Crippen molar-refractivity contribution in [2.75, 3.05) is 13.1 Å². The van der Waals surface area contributed by atoms with Crippen LogP contribution in [0.25, 0.3) is 0 Å². The topological polar surface area (TPSA) is 166 Å². The fraction of sp³-hybridized carbons (Fsp3) is 0.706. The number of aliphatic imine (C=N–C) groups is 1. The number of hydrogen-bond acceptors (Lipinski definition) is 6. The summed E-state index contributed by atoms with van der Waals surface area (Å²) in [6.45, 7) is 1.91. The first-order chi connectivity index (χ1) is 13.5. The van der Waals surface area contributed by atoms with Gasteiger partial charge in [0, 0.05) is 32.0 Å². The molecule has 0 aliphatic carbocycles. The van der Waals surface area contributed by atoms with Crippen molar-refractivity contribution in [3.8, 4) is 0 Å². The highest BCUT2D eigenvalue weighted by molar-refractivity contribution is 5.81. The molecule has 11 nitrogen and oxygen atoms in total. The molecule has 0 spiro atoms. The third-order valence-electron chi connectivity index (χ3n) is 4.20. The second kappa shape index (κ2) is 14.4. The Balaban J connectivity index is 1.94. The third kappa shape index (κ3) is 11.8. The van der Waals surface area contributed by atoms with Gasteiger partial charge in [0.25, 0.3) is 5.96 Å². The smallest absolute Gasteiger partial charge is 0.251 e. The number of nitrogens with zero attached hydrogens (tertiary/aromatic N) is 4. The normalized spacial score (nSPS) is 12.5. The molecule has 0 saturated heterocycles. The van der Waals surface area contributed by atoms with Crippen LogP contribution in [0.2, 0.25) is 0 Å². The van der Waals surface area contributed by atoms with Crippen LogP contribution in [-0.4, -0.2) is 45.6 Å². The van der Waals surface area contributed by atoms with E-state index in [-0.39, 0.29) is 18.4 Å². The highest BCUT2D eigenvalue weighted by Crippen LogP contribution is 2.06. The Labute approximate surface area is 165 Å². The van der Waals surface area contributed by atoms with Crippen molar-refractivity contribution in [1.82, 2.24) is 20.3 Å². The largest absolute Gasteiger partial charge is 0.365 e. The van der Waals surface area contributed by atoms with Crippen LogP contribution in [0.1, 0.15) is 51.4 Å². The zero-order valence-corrected chi connectivity index (χ0v) is 16.3.